The fourth-order valence-corrected chi connectivity index (χ4v) is 4.35. The number of hydrogen-bond donors (Lipinski definition) is 0. The molecule has 1 aromatic carbocycles. The molecule has 1 atom stereocenters. The van der Waals surface area contributed by atoms with Crippen LogP contribution < -0.4 is 0 Å². The van der Waals surface area contributed by atoms with E-state index in [1.54, 1.807) is 20.8 Å². The summed E-state index contributed by atoms with van der Waals surface area (Å²) in [5.41, 5.74) is 0.309. The van der Waals surface area contributed by atoms with Crippen LogP contribution in [0, 0.1) is 0 Å². The Labute approximate surface area is 138 Å². The molecule has 0 saturated carbocycles. The first-order valence-corrected chi connectivity index (χ1v) is 9.77. The molecule has 0 aliphatic rings. The third kappa shape index (κ3) is 6.46. The van der Waals surface area contributed by atoms with Crippen LogP contribution in [0.4, 0.5) is 0 Å². The minimum Gasteiger partial charge on any atom is -0.465 e. The van der Waals surface area contributed by atoms with Gasteiger partial charge in [0.25, 0.3) is 0 Å². The minimum absolute atomic E-state index is 0.228. The van der Waals surface area contributed by atoms with Crippen LogP contribution in [0.2, 0.25) is 0 Å². The molecule has 0 heterocycles. The van der Waals surface area contributed by atoms with Crippen molar-refractivity contribution in [2.75, 3.05) is 19.8 Å². The third-order valence-electron chi connectivity index (χ3n) is 3.34. The Morgan fingerprint density at radius 3 is 2.17 bits per heavy atom. The first kappa shape index (κ1) is 19.9. The number of ether oxygens (including phenoxy) is 1. The van der Waals surface area contributed by atoms with Gasteiger partial charge in [0.2, 0.25) is 0 Å². The predicted octanol–water partition coefficient (Wildman–Crippen LogP) is 4.21. The maximum atomic E-state index is 12.9. The minimum atomic E-state index is -3.51. The van der Waals surface area contributed by atoms with Crippen LogP contribution in [0.15, 0.2) is 30.3 Å². The lowest BCUT2D eigenvalue weighted by Crippen LogP contribution is -2.26. The van der Waals surface area contributed by atoms with Crippen molar-refractivity contribution in [3.8, 4) is 0 Å². The molecule has 0 saturated heterocycles. The van der Waals surface area contributed by atoms with Crippen molar-refractivity contribution in [3.05, 3.63) is 35.9 Å². The Kier molecular flexibility index (Phi) is 9.15. The molecule has 1 unspecified atom stereocenters. The van der Waals surface area contributed by atoms with Gasteiger partial charge in [0, 0.05) is 0 Å². The van der Waals surface area contributed by atoms with E-state index in [1.165, 1.54) is 5.56 Å². The topological polar surface area (TPSA) is 61.8 Å². The second-order valence-corrected chi connectivity index (χ2v) is 7.24. The highest BCUT2D eigenvalue weighted by atomic mass is 31.2. The van der Waals surface area contributed by atoms with E-state index >= 15 is 0 Å². The van der Waals surface area contributed by atoms with E-state index in [0.29, 0.717) is 12.8 Å². The molecule has 1 rings (SSSR count). The van der Waals surface area contributed by atoms with Gasteiger partial charge in [-0.1, -0.05) is 30.3 Å². The quantitative estimate of drug-likeness (QED) is 0.445. The monoisotopic (exact) mass is 342 g/mol. The van der Waals surface area contributed by atoms with Crippen molar-refractivity contribution in [2.24, 2.45) is 0 Å². The molecule has 0 radical (unpaired) electrons. The average Bonchev–Trinajstić information content (AvgIpc) is 2.53. The summed E-state index contributed by atoms with van der Waals surface area (Å²) >= 11 is 0. The summed E-state index contributed by atoms with van der Waals surface area (Å²) in [5.74, 6) is -0.509. The zero-order valence-electron chi connectivity index (χ0n) is 14.2. The first-order chi connectivity index (χ1) is 11.1. The molecule has 0 bridgehead atoms. The van der Waals surface area contributed by atoms with Gasteiger partial charge in [-0.25, -0.2) is 0 Å². The Morgan fingerprint density at radius 1 is 1.04 bits per heavy atom. The predicted molar refractivity (Wildman–Crippen MR) is 90.7 cm³/mol. The standard InChI is InChI=1S/C17H27O5P/c1-4-20-17(18)16(23(19,21-5-2)22-6-3)14-10-13-15-11-8-7-9-12-15/h7-9,11-12,16H,4-6,10,13-14H2,1-3H3. The van der Waals surface area contributed by atoms with Crippen LogP contribution in [0.3, 0.4) is 0 Å². The summed E-state index contributed by atoms with van der Waals surface area (Å²) in [5, 5.41) is 0. The molecular formula is C17H27O5P. The van der Waals surface area contributed by atoms with Gasteiger partial charge >= 0.3 is 13.6 Å². The van der Waals surface area contributed by atoms with E-state index in [9.17, 15) is 9.36 Å². The largest absolute Gasteiger partial charge is 0.465 e. The molecule has 0 spiro atoms. The van der Waals surface area contributed by atoms with Crippen LogP contribution in [0.1, 0.15) is 39.2 Å². The normalized spacial score (nSPS) is 12.8. The Balaban J connectivity index is 2.78. The van der Waals surface area contributed by atoms with Gasteiger partial charge in [-0.3, -0.25) is 9.36 Å². The van der Waals surface area contributed by atoms with Gasteiger partial charge < -0.3 is 13.8 Å². The van der Waals surface area contributed by atoms with Crippen LogP contribution in [-0.2, 0) is 29.6 Å². The van der Waals surface area contributed by atoms with E-state index in [2.05, 4.69) is 0 Å². The van der Waals surface area contributed by atoms with Gasteiger partial charge in [0.1, 0.15) is 0 Å². The third-order valence-corrected chi connectivity index (χ3v) is 5.81. The Hall–Kier alpha value is -1.16. The lowest BCUT2D eigenvalue weighted by atomic mass is 10.1. The lowest BCUT2D eigenvalue weighted by molar-refractivity contribution is -0.143. The lowest BCUT2D eigenvalue weighted by Gasteiger charge is -2.24. The SMILES string of the molecule is CCOC(=O)C(CCCc1ccccc1)P(=O)(OCC)OCC. The number of carbonyl (C=O) groups excluding carboxylic acids is 1. The molecule has 0 aromatic heterocycles. The Morgan fingerprint density at radius 2 is 1.65 bits per heavy atom. The van der Waals surface area contributed by atoms with Gasteiger partial charge in [0.05, 0.1) is 19.8 Å². The van der Waals surface area contributed by atoms with Crippen molar-refractivity contribution in [3.63, 3.8) is 0 Å². The number of esters is 1. The highest BCUT2D eigenvalue weighted by Gasteiger charge is 2.41. The van der Waals surface area contributed by atoms with Crippen LogP contribution >= 0.6 is 7.60 Å². The molecule has 0 N–H and O–H groups in total. The first-order valence-electron chi connectivity index (χ1n) is 8.16. The number of hydrogen-bond acceptors (Lipinski definition) is 5. The second-order valence-electron chi connectivity index (χ2n) is 5.02. The van der Waals surface area contributed by atoms with E-state index in [1.807, 2.05) is 30.3 Å². The highest BCUT2D eigenvalue weighted by Crippen LogP contribution is 2.55. The molecule has 0 aliphatic heterocycles. The van der Waals surface area contributed by atoms with Crippen molar-refractivity contribution in [2.45, 2.75) is 45.7 Å². The molecule has 1 aromatic rings. The fourth-order valence-electron chi connectivity index (χ4n) is 2.36. The number of aryl methyl sites for hydroxylation is 1. The van der Waals surface area contributed by atoms with E-state index in [0.717, 1.165) is 6.42 Å². The van der Waals surface area contributed by atoms with Gasteiger partial charge in [-0.05, 0) is 45.6 Å². The fraction of sp³-hybridized carbons (Fsp3) is 0.588. The van der Waals surface area contributed by atoms with E-state index < -0.39 is 19.2 Å². The highest BCUT2D eigenvalue weighted by molar-refractivity contribution is 7.55. The van der Waals surface area contributed by atoms with Crippen LogP contribution in [0.5, 0.6) is 0 Å². The molecule has 0 fully saturated rings. The smallest absolute Gasteiger partial charge is 0.344 e. The van der Waals surface area contributed by atoms with Gasteiger partial charge in [-0.2, -0.15) is 0 Å². The van der Waals surface area contributed by atoms with Crippen molar-refractivity contribution >= 4 is 13.6 Å². The summed E-state index contributed by atoms with van der Waals surface area (Å²) in [7, 11) is -3.51. The molecule has 0 aliphatic carbocycles. The summed E-state index contributed by atoms with van der Waals surface area (Å²) in [6.45, 7) is 5.89. The number of carbonyl (C=O) groups is 1. The van der Waals surface area contributed by atoms with E-state index in [-0.39, 0.29) is 19.8 Å². The molecular weight excluding hydrogens is 315 g/mol. The Bertz CT molecular complexity index is 493. The average molecular weight is 342 g/mol. The van der Waals surface area contributed by atoms with Gasteiger partial charge in [-0.15, -0.1) is 0 Å². The zero-order valence-corrected chi connectivity index (χ0v) is 15.1. The second kappa shape index (κ2) is 10.6. The molecule has 6 heteroatoms. The van der Waals surface area contributed by atoms with Crippen LogP contribution in [0.25, 0.3) is 0 Å². The summed E-state index contributed by atoms with van der Waals surface area (Å²) in [6, 6.07) is 9.98. The summed E-state index contributed by atoms with van der Waals surface area (Å²) in [4.78, 5) is 12.2. The van der Waals surface area contributed by atoms with Gasteiger partial charge in [0.15, 0.2) is 5.66 Å². The van der Waals surface area contributed by atoms with E-state index in [4.69, 9.17) is 13.8 Å². The molecule has 0 amide bonds. The van der Waals surface area contributed by atoms with Crippen LogP contribution in [-0.4, -0.2) is 31.4 Å². The van der Waals surface area contributed by atoms with Crippen molar-refractivity contribution < 1.29 is 23.1 Å². The van der Waals surface area contributed by atoms with Crippen molar-refractivity contribution in [1.82, 2.24) is 0 Å². The zero-order chi connectivity index (χ0) is 17.1. The van der Waals surface area contributed by atoms with Crippen molar-refractivity contribution in [1.29, 1.82) is 0 Å². The number of benzene rings is 1. The maximum Gasteiger partial charge on any atom is 0.344 e. The number of rotatable bonds is 11. The molecule has 23 heavy (non-hydrogen) atoms. The summed E-state index contributed by atoms with van der Waals surface area (Å²) in [6.07, 6.45) is 1.91. The molecule has 130 valence electrons. The summed E-state index contributed by atoms with van der Waals surface area (Å²) < 4.78 is 28.7. The molecule has 5 nitrogen and oxygen atoms in total. The maximum absolute atomic E-state index is 12.9.